The highest BCUT2D eigenvalue weighted by molar-refractivity contribution is 7.89. The van der Waals surface area contributed by atoms with Crippen LogP contribution in [0.15, 0.2) is 29.3 Å². The molecule has 4 rings (SSSR count). The van der Waals surface area contributed by atoms with Gasteiger partial charge < -0.3 is 24.6 Å². The van der Waals surface area contributed by atoms with Crippen LogP contribution in [0.3, 0.4) is 0 Å². The Hall–Kier alpha value is -2.83. The molecule has 0 aliphatic carbocycles. The first-order chi connectivity index (χ1) is 15.5. The average molecular weight is 501 g/mol. The third-order valence-electron chi connectivity index (χ3n) is 5.98. The van der Waals surface area contributed by atoms with Gasteiger partial charge in [0, 0.05) is 43.5 Å². The molecule has 3 unspecified atom stereocenters. The molecule has 1 aromatic heterocycles. The SMILES string of the molecule is CCC1C2COc3c(cn(C)c3C(=O)Nc3ccc(F)c(Cl)c3)S(=O)(=O)NC2CN1C(=O)O. The number of rotatable bonds is 3. The zero-order chi connectivity index (χ0) is 24.1. The predicted molar refractivity (Wildman–Crippen MR) is 117 cm³/mol. The number of carbonyl (C=O) groups excluding carboxylic acids is 1. The maximum Gasteiger partial charge on any atom is 0.407 e. The first-order valence-corrected chi connectivity index (χ1v) is 12.0. The number of carboxylic acid groups (broad SMARTS) is 1. The van der Waals surface area contributed by atoms with E-state index in [0.717, 1.165) is 6.07 Å². The first-order valence-electron chi connectivity index (χ1n) is 10.1. The van der Waals surface area contributed by atoms with Gasteiger partial charge >= 0.3 is 6.09 Å². The van der Waals surface area contributed by atoms with Crippen LogP contribution in [-0.2, 0) is 17.1 Å². The van der Waals surface area contributed by atoms with Gasteiger partial charge in [0.25, 0.3) is 5.91 Å². The Morgan fingerprint density at radius 3 is 2.76 bits per heavy atom. The van der Waals surface area contributed by atoms with E-state index < -0.39 is 45.8 Å². The lowest BCUT2D eigenvalue weighted by molar-refractivity contribution is 0.101. The molecule has 13 heteroatoms. The molecule has 0 radical (unpaired) electrons. The molecule has 3 atom stereocenters. The van der Waals surface area contributed by atoms with Crippen molar-refractivity contribution in [1.82, 2.24) is 14.2 Å². The van der Waals surface area contributed by atoms with Crippen molar-refractivity contribution in [2.24, 2.45) is 13.0 Å². The quantitative estimate of drug-likeness (QED) is 0.593. The van der Waals surface area contributed by atoms with E-state index in [9.17, 15) is 27.5 Å². The van der Waals surface area contributed by atoms with Gasteiger partial charge in [-0.05, 0) is 24.6 Å². The molecule has 0 saturated carbocycles. The Morgan fingerprint density at radius 1 is 1.39 bits per heavy atom. The smallest absolute Gasteiger partial charge is 0.407 e. The van der Waals surface area contributed by atoms with Crippen molar-refractivity contribution < 1.29 is 32.2 Å². The van der Waals surface area contributed by atoms with Gasteiger partial charge in [-0.3, -0.25) is 4.79 Å². The molecule has 1 aromatic carbocycles. The van der Waals surface area contributed by atoms with Crippen LogP contribution >= 0.6 is 11.6 Å². The number of likely N-dealkylation sites (tertiary alicyclic amines) is 1. The zero-order valence-corrected chi connectivity index (χ0v) is 19.3. The number of anilines is 1. The number of aryl methyl sites for hydroxylation is 1. The maximum absolute atomic E-state index is 13.4. The second-order valence-electron chi connectivity index (χ2n) is 7.98. The summed E-state index contributed by atoms with van der Waals surface area (Å²) in [5, 5.41) is 11.9. The number of hydrogen-bond donors (Lipinski definition) is 3. The summed E-state index contributed by atoms with van der Waals surface area (Å²) in [6.45, 7) is 1.83. The van der Waals surface area contributed by atoms with Gasteiger partial charge in [-0.15, -0.1) is 0 Å². The Morgan fingerprint density at radius 2 is 2.12 bits per heavy atom. The van der Waals surface area contributed by atoms with Crippen LogP contribution in [0.4, 0.5) is 14.9 Å². The van der Waals surface area contributed by atoms with E-state index in [1.165, 1.54) is 34.8 Å². The molecule has 0 spiro atoms. The van der Waals surface area contributed by atoms with Gasteiger partial charge in [0.2, 0.25) is 10.0 Å². The van der Waals surface area contributed by atoms with Crippen LogP contribution in [0.5, 0.6) is 5.75 Å². The monoisotopic (exact) mass is 500 g/mol. The first kappa shape index (κ1) is 23.3. The Labute approximate surface area is 194 Å². The third-order valence-corrected chi connectivity index (χ3v) is 7.75. The molecule has 1 fully saturated rings. The molecule has 2 aliphatic heterocycles. The highest BCUT2D eigenvalue weighted by atomic mass is 35.5. The number of nitrogens with one attached hydrogen (secondary N) is 2. The lowest BCUT2D eigenvalue weighted by atomic mass is 9.96. The lowest BCUT2D eigenvalue weighted by Crippen LogP contribution is -2.44. The summed E-state index contributed by atoms with van der Waals surface area (Å²) in [5.41, 5.74) is 0.155. The van der Waals surface area contributed by atoms with Crippen LogP contribution in [0.1, 0.15) is 23.8 Å². The summed E-state index contributed by atoms with van der Waals surface area (Å²) in [6, 6.07) is 2.54. The normalized spacial score (nSPS) is 23.6. The third kappa shape index (κ3) is 4.13. The second-order valence-corrected chi connectivity index (χ2v) is 10.1. The van der Waals surface area contributed by atoms with Gasteiger partial charge in [0.15, 0.2) is 11.4 Å². The molecule has 3 N–H and O–H groups in total. The fraction of sp³-hybridized carbons (Fsp3) is 0.400. The molecule has 1 saturated heterocycles. The fourth-order valence-corrected chi connectivity index (χ4v) is 6.11. The number of hydrogen-bond acceptors (Lipinski definition) is 5. The molecule has 178 valence electrons. The van der Waals surface area contributed by atoms with Gasteiger partial charge in [0.05, 0.1) is 11.6 Å². The molecule has 33 heavy (non-hydrogen) atoms. The fourth-order valence-electron chi connectivity index (χ4n) is 4.45. The van der Waals surface area contributed by atoms with E-state index in [1.807, 2.05) is 6.92 Å². The summed E-state index contributed by atoms with van der Waals surface area (Å²) < 4.78 is 49.5. The van der Waals surface area contributed by atoms with E-state index in [1.54, 1.807) is 0 Å². The van der Waals surface area contributed by atoms with Crippen LogP contribution in [0, 0.1) is 11.7 Å². The number of halogens is 2. The van der Waals surface area contributed by atoms with Gasteiger partial charge in [-0.1, -0.05) is 18.5 Å². The number of carbonyl (C=O) groups is 2. The van der Waals surface area contributed by atoms with E-state index in [4.69, 9.17) is 16.3 Å². The second kappa shape index (κ2) is 8.50. The minimum absolute atomic E-state index is 0.00192. The van der Waals surface area contributed by atoms with Crippen molar-refractivity contribution in [3.63, 3.8) is 0 Å². The minimum atomic E-state index is -4.12. The van der Waals surface area contributed by atoms with Crippen LogP contribution in [0.2, 0.25) is 5.02 Å². The largest absolute Gasteiger partial charge is 0.489 e. The van der Waals surface area contributed by atoms with Crippen LogP contribution in [0.25, 0.3) is 0 Å². The number of ether oxygens (including phenoxy) is 1. The summed E-state index contributed by atoms with van der Waals surface area (Å²) in [5.74, 6) is -1.91. The number of fused-ring (bicyclic) bond motifs is 2. The molecule has 2 amide bonds. The Kier molecular flexibility index (Phi) is 6.01. The average Bonchev–Trinajstić information content (AvgIpc) is 3.25. The standard InChI is InChI=1S/C20H22ClFN4O6S/c1-3-15-11-9-32-18-16(33(30,31)24-14(11)7-26(15)20(28)29)8-25(2)17(18)19(27)23-10-4-5-13(22)12(21)6-10/h4-6,8,11,14-15,24H,3,7,9H2,1-2H3,(H,23,27)(H,28,29). The number of benzene rings is 1. The number of aromatic nitrogens is 1. The molecule has 10 nitrogen and oxygen atoms in total. The predicted octanol–water partition coefficient (Wildman–Crippen LogP) is 2.50. The van der Waals surface area contributed by atoms with Crippen molar-refractivity contribution in [3.05, 3.63) is 40.9 Å². The molecular formula is C20H22ClFN4O6S. The summed E-state index contributed by atoms with van der Waals surface area (Å²) in [6.07, 6.45) is 0.592. The summed E-state index contributed by atoms with van der Waals surface area (Å²) in [7, 11) is -2.63. The van der Waals surface area contributed by atoms with Crippen LogP contribution in [-0.4, -0.2) is 60.2 Å². The highest BCUT2D eigenvalue weighted by Crippen LogP contribution is 2.37. The molecule has 3 heterocycles. The molecule has 2 aliphatic rings. The maximum atomic E-state index is 13.4. The van der Waals surface area contributed by atoms with E-state index in [2.05, 4.69) is 10.0 Å². The topological polar surface area (TPSA) is 130 Å². The van der Waals surface area contributed by atoms with Crippen molar-refractivity contribution in [2.75, 3.05) is 18.5 Å². The van der Waals surface area contributed by atoms with Crippen molar-refractivity contribution >= 4 is 39.3 Å². The summed E-state index contributed by atoms with van der Waals surface area (Å²) in [4.78, 5) is 25.6. The molecule has 0 bridgehead atoms. The minimum Gasteiger partial charge on any atom is -0.489 e. The van der Waals surface area contributed by atoms with Crippen molar-refractivity contribution in [2.45, 2.75) is 30.3 Å². The van der Waals surface area contributed by atoms with E-state index in [0.29, 0.717) is 6.42 Å². The van der Waals surface area contributed by atoms with Gasteiger partial charge in [-0.25, -0.2) is 22.3 Å². The zero-order valence-electron chi connectivity index (χ0n) is 17.7. The number of nitrogens with zero attached hydrogens (tertiary/aromatic N) is 2. The van der Waals surface area contributed by atoms with Gasteiger partial charge in [0.1, 0.15) is 10.7 Å². The van der Waals surface area contributed by atoms with Crippen LogP contribution < -0.4 is 14.8 Å². The molecular weight excluding hydrogens is 479 g/mol. The van der Waals surface area contributed by atoms with Crippen molar-refractivity contribution in [3.8, 4) is 5.75 Å². The van der Waals surface area contributed by atoms with Gasteiger partial charge in [-0.2, -0.15) is 0 Å². The highest BCUT2D eigenvalue weighted by Gasteiger charge is 2.47. The Balaban J connectivity index is 1.69. The Bertz CT molecular complexity index is 1230. The van der Waals surface area contributed by atoms with Crippen molar-refractivity contribution in [1.29, 1.82) is 0 Å². The summed E-state index contributed by atoms with van der Waals surface area (Å²) >= 11 is 5.77. The number of sulfonamides is 1. The number of amides is 2. The lowest BCUT2D eigenvalue weighted by Gasteiger charge is -2.27. The van der Waals surface area contributed by atoms with E-state index in [-0.39, 0.29) is 40.2 Å². The molecule has 2 aromatic rings. The van der Waals surface area contributed by atoms with E-state index >= 15 is 0 Å².